The molecule has 1 aromatic heterocycles. The van der Waals surface area contributed by atoms with Gasteiger partial charge < -0.3 is 4.90 Å². The van der Waals surface area contributed by atoms with Crippen molar-refractivity contribution in [3.63, 3.8) is 0 Å². The first kappa shape index (κ1) is 9.46. The Labute approximate surface area is 85.4 Å². The maximum atomic E-state index is 4.04. The lowest BCUT2D eigenvalue weighted by molar-refractivity contribution is 0.219. The Morgan fingerprint density at radius 2 is 1.86 bits per heavy atom. The van der Waals surface area contributed by atoms with Crippen molar-refractivity contribution in [1.29, 1.82) is 0 Å². The predicted octanol–water partition coefficient (Wildman–Crippen LogP) is 1.57. The molecule has 14 heavy (non-hydrogen) atoms. The molecule has 3 heteroatoms. The molecule has 0 spiro atoms. The van der Waals surface area contributed by atoms with E-state index in [4.69, 9.17) is 0 Å². The molecule has 1 aliphatic heterocycles. The summed E-state index contributed by atoms with van der Waals surface area (Å²) in [5, 5.41) is 0. The number of rotatable bonds is 1. The summed E-state index contributed by atoms with van der Waals surface area (Å²) in [7, 11) is 2.17. The first-order chi connectivity index (χ1) is 6.62. The van der Waals surface area contributed by atoms with Crippen LogP contribution in [-0.2, 0) is 0 Å². The van der Waals surface area contributed by atoms with Crippen molar-refractivity contribution in [2.45, 2.75) is 19.5 Å². The van der Waals surface area contributed by atoms with Gasteiger partial charge in [0.2, 0.25) is 0 Å². The zero-order chi connectivity index (χ0) is 10.2. The lowest BCUT2D eigenvalue weighted by atomic mass is 10.2. The van der Waals surface area contributed by atoms with Crippen LogP contribution in [0.4, 0.5) is 5.69 Å². The van der Waals surface area contributed by atoms with E-state index in [1.807, 2.05) is 12.4 Å². The molecule has 0 N–H and O–H groups in total. The molecule has 0 amide bonds. The van der Waals surface area contributed by atoms with Crippen molar-refractivity contribution in [2.75, 3.05) is 25.0 Å². The van der Waals surface area contributed by atoms with Crippen molar-refractivity contribution >= 4 is 5.69 Å². The largest absolute Gasteiger partial charge is 0.352 e. The van der Waals surface area contributed by atoms with E-state index >= 15 is 0 Å². The van der Waals surface area contributed by atoms with Crippen molar-refractivity contribution < 1.29 is 0 Å². The number of hydrogen-bond acceptors (Lipinski definition) is 3. The molecule has 3 nitrogen and oxygen atoms in total. The summed E-state index contributed by atoms with van der Waals surface area (Å²) in [4.78, 5) is 8.82. The van der Waals surface area contributed by atoms with Gasteiger partial charge in [0.15, 0.2) is 0 Å². The summed E-state index contributed by atoms with van der Waals surface area (Å²) in [5.74, 6) is 0. The summed E-state index contributed by atoms with van der Waals surface area (Å²) < 4.78 is 0. The van der Waals surface area contributed by atoms with E-state index in [-0.39, 0.29) is 5.66 Å². The van der Waals surface area contributed by atoms with Crippen LogP contribution in [0.2, 0.25) is 0 Å². The molecular weight excluding hydrogens is 174 g/mol. The monoisotopic (exact) mass is 191 g/mol. The van der Waals surface area contributed by atoms with Crippen LogP contribution in [0.1, 0.15) is 13.8 Å². The van der Waals surface area contributed by atoms with Crippen molar-refractivity contribution in [2.24, 2.45) is 0 Å². The molecule has 1 aromatic rings. The zero-order valence-electron chi connectivity index (χ0n) is 9.07. The van der Waals surface area contributed by atoms with E-state index in [0.29, 0.717) is 0 Å². The molecule has 2 rings (SSSR count). The smallest absolute Gasteiger partial charge is 0.0874 e. The Balaban J connectivity index is 2.29. The highest BCUT2D eigenvalue weighted by molar-refractivity contribution is 5.48. The molecule has 0 aromatic carbocycles. The predicted molar refractivity (Wildman–Crippen MR) is 58.3 cm³/mol. The fraction of sp³-hybridized carbons (Fsp3) is 0.545. The van der Waals surface area contributed by atoms with Crippen molar-refractivity contribution in [3.8, 4) is 0 Å². The second-order valence-electron chi connectivity index (χ2n) is 4.27. The van der Waals surface area contributed by atoms with Crippen LogP contribution >= 0.6 is 0 Å². The highest BCUT2D eigenvalue weighted by Gasteiger charge is 2.36. The molecule has 1 aliphatic rings. The van der Waals surface area contributed by atoms with Gasteiger partial charge >= 0.3 is 0 Å². The maximum absolute atomic E-state index is 4.04. The molecule has 1 saturated heterocycles. The first-order valence-corrected chi connectivity index (χ1v) is 5.01. The fourth-order valence-electron chi connectivity index (χ4n) is 1.97. The van der Waals surface area contributed by atoms with Crippen LogP contribution in [0.5, 0.6) is 0 Å². The molecule has 0 bridgehead atoms. The number of likely N-dealkylation sites (N-methyl/N-ethyl adjacent to an activating group) is 1. The molecule has 0 aliphatic carbocycles. The first-order valence-electron chi connectivity index (χ1n) is 5.01. The average molecular weight is 191 g/mol. The normalized spacial score (nSPS) is 21.5. The van der Waals surface area contributed by atoms with Gasteiger partial charge in [0, 0.05) is 31.2 Å². The minimum Gasteiger partial charge on any atom is -0.352 e. The number of anilines is 1. The molecule has 0 atom stereocenters. The van der Waals surface area contributed by atoms with E-state index in [0.717, 1.165) is 13.1 Å². The average Bonchev–Trinajstić information content (AvgIpc) is 2.44. The molecular formula is C11H17N3. The summed E-state index contributed by atoms with van der Waals surface area (Å²) in [6.07, 6.45) is 3.70. The SMILES string of the molecule is CN1CCN(c2ccncc2)C1(C)C. The van der Waals surface area contributed by atoms with Gasteiger partial charge in [-0.05, 0) is 33.0 Å². The van der Waals surface area contributed by atoms with Gasteiger partial charge in [0.05, 0.1) is 5.66 Å². The van der Waals surface area contributed by atoms with Gasteiger partial charge in [-0.15, -0.1) is 0 Å². The van der Waals surface area contributed by atoms with Crippen LogP contribution in [0.25, 0.3) is 0 Å². The number of hydrogen-bond donors (Lipinski definition) is 0. The van der Waals surface area contributed by atoms with E-state index in [2.05, 4.69) is 47.8 Å². The topological polar surface area (TPSA) is 19.4 Å². The molecule has 76 valence electrons. The van der Waals surface area contributed by atoms with Gasteiger partial charge in [-0.2, -0.15) is 0 Å². The molecule has 0 unspecified atom stereocenters. The van der Waals surface area contributed by atoms with Crippen LogP contribution in [-0.4, -0.2) is 35.7 Å². The Morgan fingerprint density at radius 3 is 2.36 bits per heavy atom. The van der Waals surface area contributed by atoms with E-state index in [1.165, 1.54) is 5.69 Å². The van der Waals surface area contributed by atoms with Gasteiger partial charge in [-0.3, -0.25) is 9.88 Å². The number of pyridine rings is 1. The Bertz CT molecular complexity index is 308. The minimum atomic E-state index is 0.112. The molecule has 0 radical (unpaired) electrons. The van der Waals surface area contributed by atoms with E-state index in [9.17, 15) is 0 Å². The summed E-state index contributed by atoms with van der Waals surface area (Å²) in [6, 6.07) is 4.14. The Hall–Kier alpha value is -1.09. The Kier molecular flexibility index (Phi) is 2.19. The third kappa shape index (κ3) is 1.38. The maximum Gasteiger partial charge on any atom is 0.0874 e. The molecule has 1 fully saturated rings. The fourth-order valence-corrected chi connectivity index (χ4v) is 1.97. The number of nitrogens with zero attached hydrogens (tertiary/aromatic N) is 3. The highest BCUT2D eigenvalue weighted by Crippen LogP contribution is 2.29. The van der Waals surface area contributed by atoms with E-state index in [1.54, 1.807) is 0 Å². The van der Waals surface area contributed by atoms with Gasteiger partial charge in [-0.25, -0.2) is 0 Å². The van der Waals surface area contributed by atoms with Crippen LogP contribution in [0, 0.1) is 0 Å². The van der Waals surface area contributed by atoms with Crippen molar-refractivity contribution in [3.05, 3.63) is 24.5 Å². The van der Waals surface area contributed by atoms with Gasteiger partial charge in [0.25, 0.3) is 0 Å². The minimum absolute atomic E-state index is 0.112. The summed E-state index contributed by atoms with van der Waals surface area (Å²) in [6.45, 7) is 6.71. The molecule has 2 heterocycles. The van der Waals surface area contributed by atoms with Crippen molar-refractivity contribution in [1.82, 2.24) is 9.88 Å². The quantitative estimate of drug-likeness (QED) is 0.671. The summed E-state index contributed by atoms with van der Waals surface area (Å²) in [5.41, 5.74) is 1.37. The Morgan fingerprint density at radius 1 is 1.21 bits per heavy atom. The third-order valence-electron chi connectivity index (χ3n) is 3.23. The summed E-state index contributed by atoms with van der Waals surface area (Å²) >= 11 is 0. The van der Waals surface area contributed by atoms with Crippen LogP contribution in [0.3, 0.4) is 0 Å². The lowest BCUT2D eigenvalue weighted by Crippen LogP contribution is -2.46. The molecule has 0 saturated carbocycles. The van der Waals surface area contributed by atoms with Crippen LogP contribution in [0.15, 0.2) is 24.5 Å². The number of aromatic nitrogens is 1. The second-order valence-corrected chi connectivity index (χ2v) is 4.27. The van der Waals surface area contributed by atoms with Gasteiger partial charge in [-0.1, -0.05) is 0 Å². The zero-order valence-corrected chi connectivity index (χ0v) is 9.07. The lowest BCUT2D eigenvalue weighted by Gasteiger charge is -2.37. The van der Waals surface area contributed by atoms with Crippen LogP contribution < -0.4 is 4.90 Å². The van der Waals surface area contributed by atoms with Gasteiger partial charge in [0.1, 0.15) is 0 Å². The standard InChI is InChI=1S/C11H17N3/c1-11(2)13(3)8-9-14(11)10-4-6-12-7-5-10/h4-7H,8-9H2,1-3H3. The van der Waals surface area contributed by atoms with E-state index < -0.39 is 0 Å². The second kappa shape index (κ2) is 3.24. The third-order valence-corrected chi connectivity index (χ3v) is 3.23. The highest BCUT2D eigenvalue weighted by atomic mass is 15.4.